The third-order valence-corrected chi connectivity index (χ3v) is 4.14. The molecule has 1 saturated heterocycles. The number of carbonyl (C=O) groups excluding carboxylic acids is 2. The number of aromatic nitrogens is 1. The molecular formula is C14H20N4O2. The molecule has 6 nitrogen and oxygen atoms in total. The number of anilines is 1. The van der Waals surface area contributed by atoms with Crippen molar-refractivity contribution in [1.82, 2.24) is 9.47 Å². The normalized spacial score (nSPS) is 22.8. The Hall–Kier alpha value is -1.98. The number of carbonyl (C=O) groups is 2. The van der Waals surface area contributed by atoms with Crippen LogP contribution in [0, 0.1) is 5.92 Å². The van der Waals surface area contributed by atoms with Gasteiger partial charge in [-0.15, -0.1) is 0 Å². The molecule has 108 valence electrons. The smallest absolute Gasteiger partial charge is 0.270 e. The van der Waals surface area contributed by atoms with Gasteiger partial charge in [-0.3, -0.25) is 9.59 Å². The largest absolute Gasteiger partial charge is 0.397 e. The maximum absolute atomic E-state index is 12.6. The average molecular weight is 276 g/mol. The van der Waals surface area contributed by atoms with Crippen LogP contribution in [0.2, 0.25) is 0 Å². The summed E-state index contributed by atoms with van der Waals surface area (Å²) in [4.78, 5) is 25.7. The lowest BCUT2D eigenvalue weighted by Gasteiger charge is -2.31. The Morgan fingerprint density at radius 3 is 2.65 bits per heavy atom. The molecule has 2 fully saturated rings. The van der Waals surface area contributed by atoms with Crippen LogP contribution in [0.4, 0.5) is 5.69 Å². The van der Waals surface area contributed by atoms with E-state index in [1.54, 1.807) is 11.0 Å². The van der Waals surface area contributed by atoms with Crippen LogP contribution in [-0.4, -0.2) is 34.4 Å². The van der Waals surface area contributed by atoms with E-state index in [4.69, 9.17) is 11.5 Å². The standard InChI is InChI=1S/C14H20N4O2/c15-10-6-12(18(8-10)11-3-4-11)14(20)17-5-1-2-9(7-17)13(16)19/h6,8-9,11H,1-5,7,15H2,(H2,16,19). The molecule has 2 amide bonds. The fourth-order valence-corrected chi connectivity index (χ4v) is 2.88. The highest BCUT2D eigenvalue weighted by Crippen LogP contribution is 2.37. The zero-order valence-electron chi connectivity index (χ0n) is 11.4. The molecule has 1 atom stereocenters. The molecule has 3 rings (SSSR count). The lowest BCUT2D eigenvalue weighted by Crippen LogP contribution is -2.44. The van der Waals surface area contributed by atoms with Gasteiger partial charge in [0.2, 0.25) is 5.91 Å². The van der Waals surface area contributed by atoms with Gasteiger partial charge in [-0.05, 0) is 31.7 Å². The number of nitrogens with two attached hydrogens (primary N) is 2. The van der Waals surface area contributed by atoms with Gasteiger partial charge in [0.25, 0.3) is 5.91 Å². The van der Waals surface area contributed by atoms with Crippen LogP contribution in [-0.2, 0) is 4.79 Å². The number of nitrogen functional groups attached to an aromatic ring is 1. The SMILES string of the molecule is NC(=O)C1CCCN(C(=O)c2cc(N)cn2C2CC2)C1. The number of nitrogens with zero attached hydrogens (tertiary/aromatic N) is 2. The van der Waals surface area contributed by atoms with E-state index in [0.717, 1.165) is 25.7 Å². The molecule has 6 heteroatoms. The predicted octanol–water partition coefficient (Wildman–Crippen LogP) is 0.743. The zero-order chi connectivity index (χ0) is 14.3. The Labute approximate surface area is 117 Å². The molecule has 20 heavy (non-hydrogen) atoms. The summed E-state index contributed by atoms with van der Waals surface area (Å²) in [6.07, 6.45) is 5.61. The molecule has 1 aromatic rings. The maximum Gasteiger partial charge on any atom is 0.270 e. The van der Waals surface area contributed by atoms with E-state index in [1.165, 1.54) is 0 Å². The third-order valence-electron chi connectivity index (χ3n) is 4.14. The summed E-state index contributed by atoms with van der Waals surface area (Å²) in [6.45, 7) is 1.10. The van der Waals surface area contributed by atoms with Crippen LogP contribution in [0.1, 0.15) is 42.2 Å². The lowest BCUT2D eigenvalue weighted by molar-refractivity contribution is -0.123. The molecule has 2 aliphatic rings. The van der Waals surface area contributed by atoms with Gasteiger partial charge < -0.3 is 20.9 Å². The highest BCUT2D eigenvalue weighted by molar-refractivity contribution is 5.94. The summed E-state index contributed by atoms with van der Waals surface area (Å²) in [5.74, 6) is -0.589. The number of likely N-dealkylation sites (tertiary alicyclic amines) is 1. The number of amides is 2. The Kier molecular flexibility index (Phi) is 3.16. The topological polar surface area (TPSA) is 94.3 Å². The second-order valence-electron chi connectivity index (χ2n) is 5.79. The summed E-state index contributed by atoms with van der Waals surface area (Å²) in [6, 6.07) is 2.14. The fourth-order valence-electron chi connectivity index (χ4n) is 2.88. The molecule has 2 heterocycles. The van der Waals surface area contributed by atoms with Crippen LogP contribution in [0.25, 0.3) is 0 Å². The minimum Gasteiger partial charge on any atom is -0.397 e. The van der Waals surface area contributed by atoms with Gasteiger partial charge >= 0.3 is 0 Å². The monoisotopic (exact) mass is 276 g/mol. The highest BCUT2D eigenvalue weighted by Gasteiger charge is 2.32. The second kappa shape index (κ2) is 4.85. The van der Waals surface area contributed by atoms with Crippen molar-refractivity contribution in [3.05, 3.63) is 18.0 Å². The van der Waals surface area contributed by atoms with Crippen molar-refractivity contribution < 1.29 is 9.59 Å². The Morgan fingerprint density at radius 2 is 2.00 bits per heavy atom. The molecule has 1 saturated carbocycles. The van der Waals surface area contributed by atoms with Crippen molar-refractivity contribution in [2.24, 2.45) is 11.7 Å². The fraction of sp³-hybridized carbons (Fsp3) is 0.571. The van der Waals surface area contributed by atoms with Gasteiger partial charge in [0.05, 0.1) is 11.6 Å². The first-order chi connectivity index (χ1) is 9.56. The molecule has 1 aliphatic carbocycles. The van der Waals surface area contributed by atoms with Crippen molar-refractivity contribution in [3.8, 4) is 0 Å². The number of hydrogen-bond donors (Lipinski definition) is 2. The van der Waals surface area contributed by atoms with Gasteiger partial charge in [0.15, 0.2) is 0 Å². The molecule has 4 N–H and O–H groups in total. The van der Waals surface area contributed by atoms with E-state index in [9.17, 15) is 9.59 Å². The van der Waals surface area contributed by atoms with Crippen LogP contribution >= 0.6 is 0 Å². The molecule has 0 spiro atoms. The molecule has 0 radical (unpaired) electrons. The predicted molar refractivity (Wildman–Crippen MR) is 74.9 cm³/mol. The van der Waals surface area contributed by atoms with Crippen LogP contribution in [0.3, 0.4) is 0 Å². The first-order valence-corrected chi connectivity index (χ1v) is 7.12. The van der Waals surface area contributed by atoms with Crippen LogP contribution < -0.4 is 11.5 Å². The molecule has 0 bridgehead atoms. The molecule has 1 aliphatic heterocycles. The van der Waals surface area contributed by atoms with E-state index in [1.807, 2.05) is 10.8 Å². The Balaban J connectivity index is 1.80. The van der Waals surface area contributed by atoms with E-state index < -0.39 is 0 Å². The van der Waals surface area contributed by atoms with Gasteiger partial charge in [0, 0.05) is 25.3 Å². The summed E-state index contributed by atoms with van der Waals surface area (Å²) in [5, 5.41) is 0. The van der Waals surface area contributed by atoms with Crippen LogP contribution in [0.5, 0.6) is 0 Å². The minimum atomic E-state index is -0.320. The first kappa shape index (κ1) is 13.0. The second-order valence-corrected chi connectivity index (χ2v) is 5.79. The van der Waals surface area contributed by atoms with Crippen molar-refractivity contribution in [1.29, 1.82) is 0 Å². The quantitative estimate of drug-likeness (QED) is 0.852. The number of primary amides is 1. The highest BCUT2D eigenvalue weighted by atomic mass is 16.2. The summed E-state index contributed by atoms with van der Waals surface area (Å²) in [7, 11) is 0. The minimum absolute atomic E-state index is 0.0421. The lowest BCUT2D eigenvalue weighted by atomic mass is 9.97. The molecule has 0 aromatic carbocycles. The average Bonchev–Trinajstić information content (AvgIpc) is 3.21. The third kappa shape index (κ3) is 2.37. The van der Waals surface area contributed by atoms with E-state index in [-0.39, 0.29) is 17.7 Å². The van der Waals surface area contributed by atoms with Gasteiger partial charge in [-0.25, -0.2) is 0 Å². The van der Waals surface area contributed by atoms with Crippen molar-refractivity contribution in [3.63, 3.8) is 0 Å². The van der Waals surface area contributed by atoms with Crippen molar-refractivity contribution in [2.75, 3.05) is 18.8 Å². The Morgan fingerprint density at radius 1 is 1.25 bits per heavy atom. The number of rotatable bonds is 3. The van der Waals surface area contributed by atoms with Crippen LogP contribution in [0.15, 0.2) is 12.3 Å². The van der Waals surface area contributed by atoms with E-state index in [2.05, 4.69) is 0 Å². The van der Waals surface area contributed by atoms with Crippen molar-refractivity contribution in [2.45, 2.75) is 31.7 Å². The molecule has 1 unspecified atom stereocenters. The summed E-state index contributed by atoms with van der Waals surface area (Å²) < 4.78 is 1.98. The summed E-state index contributed by atoms with van der Waals surface area (Å²) >= 11 is 0. The van der Waals surface area contributed by atoms with Gasteiger partial charge in [-0.1, -0.05) is 0 Å². The zero-order valence-corrected chi connectivity index (χ0v) is 11.4. The molecular weight excluding hydrogens is 256 g/mol. The van der Waals surface area contributed by atoms with E-state index >= 15 is 0 Å². The van der Waals surface area contributed by atoms with Gasteiger partial charge in [0.1, 0.15) is 5.69 Å². The summed E-state index contributed by atoms with van der Waals surface area (Å²) in [5.41, 5.74) is 12.4. The van der Waals surface area contributed by atoms with Gasteiger partial charge in [-0.2, -0.15) is 0 Å². The molecule has 1 aromatic heterocycles. The number of piperidine rings is 1. The van der Waals surface area contributed by atoms with Crippen molar-refractivity contribution >= 4 is 17.5 Å². The first-order valence-electron chi connectivity index (χ1n) is 7.12. The Bertz CT molecular complexity index is 547. The maximum atomic E-state index is 12.6. The number of hydrogen-bond acceptors (Lipinski definition) is 3. The van der Waals surface area contributed by atoms with E-state index in [0.29, 0.717) is 30.5 Å².